The predicted molar refractivity (Wildman–Crippen MR) is 95.0 cm³/mol. The molecule has 0 aliphatic heterocycles. The highest BCUT2D eigenvalue weighted by Crippen LogP contribution is 2.17. The van der Waals surface area contributed by atoms with E-state index in [0.717, 1.165) is 4.47 Å². The molecule has 0 aliphatic rings. The van der Waals surface area contributed by atoms with Crippen LogP contribution >= 0.6 is 15.9 Å². The van der Waals surface area contributed by atoms with Gasteiger partial charge in [0.25, 0.3) is 5.91 Å². The van der Waals surface area contributed by atoms with E-state index in [4.69, 9.17) is 9.47 Å². The Hall–Kier alpha value is -2.41. The van der Waals surface area contributed by atoms with E-state index in [1.54, 1.807) is 31.2 Å². The molecule has 2 aromatic carbocycles. The van der Waals surface area contributed by atoms with Gasteiger partial charge >= 0.3 is 5.97 Å². The summed E-state index contributed by atoms with van der Waals surface area (Å²) in [5.41, 5.74) is 0.789. The molecule has 0 aromatic heterocycles. The van der Waals surface area contributed by atoms with Gasteiger partial charge in [-0.25, -0.2) is 4.39 Å². The first-order valence-corrected chi connectivity index (χ1v) is 8.33. The summed E-state index contributed by atoms with van der Waals surface area (Å²) >= 11 is 3.32. The molecule has 0 fully saturated rings. The van der Waals surface area contributed by atoms with Crippen LogP contribution in [0.5, 0.6) is 5.75 Å². The molecule has 2 rings (SSSR count). The first kappa shape index (κ1) is 18.9. The summed E-state index contributed by atoms with van der Waals surface area (Å²) < 4.78 is 24.5. The molecule has 5 nitrogen and oxygen atoms in total. The van der Waals surface area contributed by atoms with E-state index in [9.17, 15) is 14.0 Å². The monoisotopic (exact) mass is 409 g/mol. The molecule has 0 unspecified atom stereocenters. The van der Waals surface area contributed by atoms with Crippen LogP contribution in [0.2, 0.25) is 0 Å². The van der Waals surface area contributed by atoms with Gasteiger partial charge in [-0.3, -0.25) is 9.59 Å². The molecule has 0 heterocycles. The fraction of sp³-hybridized carbons (Fsp3) is 0.222. The van der Waals surface area contributed by atoms with Crippen molar-refractivity contribution in [1.82, 2.24) is 0 Å². The van der Waals surface area contributed by atoms with Gasteiger partial charge in [-0.1, -0.05) is 28.1 Å². The summed E-state index contributed by atoms with van der Waals surface area (Å²) in [5.74, 6) is -0.884. The lowest BCUT2D eigenvalue weighted by Gasteiger charge is -2.08. The highest BCUT2D eigenvalue weighted by molar-refractivity contribution is 9.10. The summed E-state index contributed by atoms with van der Waals surface area (Å²) in [6.45, 7) is 1.32. The van der Waals surface area contributed by atoms with Gasteiger partial charge in [0, 0.05) is 10.2 Å². The Kier molecular flexibility index (Phi) is 6.94. The number of ether oxygens (including phenoxy) is 2. The summed E-state index contributed by atoms with van der Waals surface area (Å²) in [6, 6.07) is 11.6. The molecule has 0 aliphatic carbocycles. The largest absolute Gasteiger partial charge is 0.493 e. The highest BCUT2D eigenvalue weighted by Gasteiger charge is 2.09. The Balaban J connectivity index is 1.68. The SMILES string of the molecule is Cc1ccc(NC(=O)COC(=O)CCOc2cccc(Br)c2)cc1F. The molecule has 0 bridgehead atoms. The molecule has 0 saturated carbocycles. The van der Waals surface area contributed by atoms with E-state index in [0.29, 0.717) is 17.0 Å². The molecule has 1 N–H and O–H groups in total. The van der Waals surface area contributed by atoms with Gasteiger partial charge in [-0.15, -0.1) is 0 Å². The van der Waals surface area contributed by atoms with Crippen molar-refractivity contribution >= 4 is 33.5 Å². The van der Waals surface area contributed by atoms with E-state index >= 15 is 0 Å². The van der Waals surface area contributed by atoms with Crippen LogP contribution < -0.4 is 10.1 Å². The third-order valence-electron chi connectivity index (χ3n) is 3.19. The number of hydrogen-bond acceptors (Lipinski definition) is 4. The summed E-state index contributed by atoms with van der Waals surface area (Å²) in [5, 5.41) is 2.46. The van der Waals surface area contributed by atoms with Crippen LogP contribution in [0.4, 0.5) is 10.1 Å². The van der Waals surface area contributed by atoms with Crippen molar-refractivity contribution in [2.75, 3.05) is 18.5 Å². The molecule has 2 aromatic rings. The average Bonchev–Trinajstić information content (AvgIpc) is 2.56. The van der Waals surface area contributed by atoms with Gasteiger partial charge < -0.3 is 14.8 Å². The quantitative estimate of drug-likeness (QED) is 0.705. The van der Waals surface area contributed by atoms with Crippen molar-refractivity contribution in [3.63, 3.8) is 0 Å². The van der Waals surface area contributed by atoms with Gasteiger partial charge in [-0.2, -0.15) is 0 Å². The predicted octanol–water partition coefficient (Wildman–Crippen LogP) is 3.85. The molecule has 0 radical (unpaired) electrons. The molecule has 0 spiro atoms. The third-order valence-corrected chi connectivity index (χ3v) is 3.68. The fourth-order valence-electron chi connectivity index (χ4n) is 1.89. The number of benzene rings is 2. The maximum absolute atomic E-state index is 13.4. The number of rotatable bonds is 7. The zero-order valence-corrected chi connectivity index (χ0v) is 15.1. The topological polar surface area (TPSA) is 64.6 Å². The summed E-state index contributed by atoms with van der Waals surface area (Å²) in [6.07, 6.45) is 0.0129. The Labute approximate surface area is 153 Å². The van der Waals surface area contributed by atoms with E-state index < -0.39 is 24.3 Å². The summed E-state index contributed by atoms with van der Waals surface area (Å²) in [4.78, 5) is 23.3. The van der Waals surface area contributed by atoms with Crippen molar-refractivity contribution in [1.29, 1.82) is 0 Å². The minimum Gasteiger partial charge on any atom is -0.493 e. The van der Waals surface area contributed by atoms with Crippen LogP contribution in [0, 0.1) is 12.7 Å². The van der Waals surface area contributed by atoms with Gasteiger partial charge in [0.15, 0.2) is 6.61 Å². The lowest BCUT2D eigenvalue weighted by Crippen LogP contribution is -2.21. The number of carbonyl (C=O) groups is 2. The van der Waals surface area contributed by atoms with Crippen LogP contribution in [0.25, 0.3) is 0 Å². The molecule has 0 saturated heterocycles. The van der Waals surface area contributed by atoms with Gasteiger partial charge in [-0.05, 0) is 42.8 Å². The normalized spacial score (nSPS) is 10.2. The Morgan fingerprint density at radius 1 is 1.20 bits per heavy atom. The smallest absolute Gasteiger partial charge is 0.309 e. The van der Waals surface area contributed by atoms with Gasteiger partial charge in [0.1, 0.15) is 11.6 Å². The van der Waals surface area contributed by atoms with Crippen molar-refractivity contribution in [3.8, 4) is 5.75 Å². The Bertz CT molecular complexity index is 766. The number of anilines is 1. The average molecular weight is 410 g/mol. The number of carbonyl (C=O) groups excluding carboxylic acids is 2. The maximum atomic E-state index is 13.4. The van der Waals surface area contributed by atoms with E-state index in [-0.39, 0.29) is 13.0 Å². The van der Waals surface area contributed by atoms with Crippen molar-refractivity contribution < 1.29 is 23.5 Å². The lowest BCUT2D eigenvalue weighted by molar-refractivity contribution is -0.147. The fourth-order valence-corrected chi connectivity index (χ4v) is 2.27. The Morgan fingerprint density at radius 3 is 2.72 bits per heavy atom. The molecule has 25 heavy (non-hydrogen) atoms. The first-order chi connectivity index (χ1) is 11.9. The van der Waals surface area contributed by atoms with E-state index in [1.165, 1.54) is 6.07 Å². The molecular weight excluding hydrogens is 393 g/mol. The lowest BCUT2D eigenvalue weighted by atomic mass is 10.2. The zero-order valence-electron chi connectivity index (χ0n) is 13.6. The molecule has 1 amide bonds. The van der Waals surface area contributed by atoms with Gasteiger partial charge in [0.2, 0.25) is 0 Å². The van der Waals surface area contributed by atoms with Crippen LogP contribution in [-0.2, 0) is 14.3 Å². The second kappa shape index (κ2) is 9.17. The minimum atomic E-state index is -0.555. The maximum Gasteiger partial charge on any atom is 0.309 e. The molecule has 0 atom stereocenters. The second-order valence-electron chi connectivity index (χ2n) is 5.23. The van der Waals surface area contributed by atoms with Crippen molar-refractivity contribution in [2.45, 2.75) is 13.3 Å². The van der Waals surface area contributed by atoms with Crippen LogP contribution in [0.1, 0.15) is 12.0 Å². The van der Waals surface area contributed by atoms with Gasteiger partial charge in [0.05, 0.1) is 13.0 Å². The number of aryl methyl sites for hydroxylation is 1. The third kappa shape index (κ3) is 6.54. The van der Waals surface area contributed by atoms with Crippen LogP contribution in [-0.4, -0.2) is 25.1 Å². The van der Waals surface area contributed by atoms with E-state index in [1.807, 2.05) is 12.1 Å². The first-order valence-electron chi connectivity index (χ1n) is 7.54. The van der Waals surface area contributed by atoms with Crippen LogP contribution in [0.3, 0.4) is 0 Å². The number of halogens is 2. The van der Waals surface area contributed by atoms with Crippen LogP contribution in [0.15, 0.2) is 46.9 Å². The molecule has 7 heteroatoms. The summed E-state index contributed by atoms with van der Waals surface area (Å²) in [7, 11) is 0. The van der Waals surface area contributed by atoms with Crippen molar-refractivity contribution in [3.05, 3.63) is 58.3 Å². The Morgan fingerprint density at radius 2 is 2.00 bits per heavy atom. The van der Waals surface area contributed by atoms with E-state index in [2.05, 4.69) is 21.2 Å². The highest BCUT2D eigenvalue weighted by atomic mass is 79.9. The number of amides is 1. The zero-order chi connectivity index (χ0) is 18.2. The minimum absolute atomic E-state index is 0.0129. The second-order valence-corrected chi connectivity index (χ2v) is 6.14. The van der Waals surface area contributed by atoms with Crippen molar-refractivity contribution in [2.24, 2.45) is 0 Å². The number of nitrogens with one attached hydrogen (secondary N) is 1. The number of hydrogen-bond donors (Lipinski definition) is 1. The molecular formula is C18H17BrFNO4. The molecule has 132 valence electrons. The number of esters is 1. The standard InChI is InChI=1S/C18H17BrFNO4/c1-12-5-6-14(10-16(12)20)21-17(22)11-25-18(23)7-8-24-15-4-2-3-13(19)9-15/h2-6,9-10H,7-8,11H2,1H3,(H,21,22).